The van der Waals surface area contributed by atoms with Gasteiger partial charge in [-0.1, -0.05) is 37.3 Å². The van der Waals surface area contributed by atoms with Gasteiger partial charge in [0.1, 0.15) is 0 Å². The zero-order valence-corrected chi connectivity index (χ0v) is 17.8. The van der Waals surface area contributed by atoms with Crippen molar-refractivity contribution in [2.75, 3.05) is 12.4 Å². The van der Waals surface area contributed by atoms with Crippen LogP contribution in [0.15, 0.2) is 71.8 Å². The summed E-state index contributed by atoms with van der Waals surface area (Å²) in [5, 5.41) is 8.79. The molecule has 2 atom stereocenters. The van der Waals surface area contributed by atoms with Gasteiger partial charge >= 0.3 is 0 Å². The molecule has 0 saturated carbocycles. The number of pyridine rings is 2. The van der Waals surface area contributed by atoms with E-state index in [1.54, 1.807) is 0 Å². The molecule has 31 heavy (non-hydrogen) atoms. The quantitative estimate of drug-likeness (QED) is 0.453. The van der Waals surface area contributed by atoms with Crippen LogP contribution in [0, 0.1) is 0 Å². The molecule has 2 aromatic carbocycles. The summed E-state index contributed by atoms with van der Waals surface area (Å²) < 4.78 is 0. The summed E-state index contributed by atoms with van der Waals surface area (Å²) >= 11 is 0. The van der Waals surface area contributed by atoms with E-state index in [0.29, 0.717) is 0 Å². The Balaban J connectivity index is 1.83. The van der Waals surface area contributed by atoms with E-state index in [4.69, 9.17) is 0 Å². The highest BCUT2D eigenvalue weighted by Crippen LogP contribution is 2.48. The molecule has 0 fully saturated rings. The molecule has 3 N–H and O–H groups in total. The molecule has 156 valence electrons. The highest BCUT2D eigenvalue weighted by molar-refractivity contribution is 5.98. The van der Waals surface area contributed by atoms with Gasteiger partial charge in [-0.3, -0.25) is 9.78 Å². The molecule has 3 heterocycles. The maximum Gasteiger partial charge on any atom is 0.256 e. The molecule has 0 saturated heterocycles. The minimum absolute atomic E-state index is 0.0238. The van der Waals surface area contributed by atoms with Crippen molar-refractivity contribution >= 4 is 16.5 Å². The summed E-state index contributed by atoms with van der Waals surface area (Å²) in [6, 6.07) is 18.9. The van der Waals surface area contributed by atoms with Gasteiger partial charge in [0.2, 0.25) is 0 Å². The molecule has 0 bridgehead atoms. The molecule has 2 unspecified atom stereocenters. The molecular weight excluding hydrogens is 384 g/mol. The largest absolute Gasteiger partial charge is 0.377 e. The van der Waals surface area contributed by atoms with Crippen molar-refractivity contribution < 1.29 is 0 Å². The molecule has 4 aromatic rings. The molecule has 0 spiro atoms. The maximum absolute atomic E-state index is 12.8. The number of H-pyrrole nitrogens is 1. The van der Waals surface area contributed by atoms with Crippen LogP contribution in [0.4, 0.5) is 5.69 Å². The lowest BCUT2D eigenvalue weighted by molar-refractivity contribution is 0.653. The SMILES string of the molecule is CCc1[nH]c(=O)c2cccc3c2c1C(c1cccc(CNC)c1)C(c1ccncc1)N3. The number of hydrogen-bond donors (Lipinski definition) is 3. The van der Waals surface area contributed by atoms with Crippen LogP contribution in [0.25, 0.3) is 10.8 Å². The Kier molecular flexibility index (Phi) is 5.04. The minimum Gasteiger partial charge on any atom is -0.377 e. The summed E-state index contributed by atoms with van der Waals surface area (Å²) in [7, 11) is 1.96. The average Bonchev–Trinajstić information content (AvgIpc) is 2.81. The first-order chi connectivity index (χ1) is 15.2. The van der Waals surface area contributed by atoms with Crippen molar-refractivity contribution in [3.05, 3.63) is 105 Å². The first-order valence-corrected chi connectivity index (χ1v) is 10.8. The van der Waals surface area contributed by atoms with E-state index in [1.165, 1.54) is 22.3 Å². The Morgan fingerprint density at radius 1 is 1.03 bits per heavy atom. The number of rotatable bonds is 5. The molecule has 5 nitrogen and oxygen atoms in total. The van der Waals surface area contributed by atoms with E-state index in [-0.39, 0.29) is 17.5 Å². The third kappa shape index (κ3) is 3.31. The van der Waals surface area contributed by atoms with E-state index in [2.05, 4.69) is 70.0 Å². The van der Waals surface area contributed by atoms with Crippen LogP contribution >= 0.6 is 0 Å². The van der Waals surface area contributed by atoms with Crippen LogP contribution in [0.1, 0.15) is 46.8 Å². The predicted octanol–water partition coefficient (Wildman–Crippen LogP) is 4.50. The normalized spacial score (nSPS) is 17.5. The number of anilines is 1. The minimum atomic E-state index is -0.0238. The fraction of sp³-hybridized carbons (Fsp3) is 0.231. The number of hydrogen-bond acceptors (Lipinski definition) is 4. The van der Waals surface area contributed by atoms with E-state index >= 15 is 0 Å². The van der Waals surface area contributed by atoms with E-state index in [9.17, 15) is 4.79 Å². The average molecular weight is 411 g/mol. The van der Waals surface area contributed by atoms with Gasteiger partial charge in [0.05, 0.1) is 6.04 Å². The van der Waals surface area contributed by atoms with Crippen molar-refractivity contribution in [1.82, 2.24) is 15.3 Å². The van der Waals surface area contributed by atoms with Gasteiger partial charge in [-0.15, -0.1) is 0 Å². The third-order valence-corrected chi connectivity index (χ3v) is 6.23. The summed E-state index contributed by atoms with van der Waals surface area (Å²) in [6.45, 7) is 2.92. The van der Waals surface area contributed by atoms with Gasteiger partial charge in [-0.25, -0.2) is 0 Å². The van der Waals surface area contributed by atoms with Crippen molar-refractivity contribution in [1.29, 1.82) is 0 Å². The number of aryl methyl sites for hydroxylation is 1. The van der Waals surface area contributed by atoms with Crippen LogP contribution in [-0.2, 0) is 13.0 Å². The Labute approximate surface area is 181 Å². The molecule has 5 rings (SSSR count). The van der Waals surface area contributed by atoms with Gasteiger partial charge in [0.25, 0.3) is 5.56 Å². The number of benzene rings is 2. The number of aromatic nitrogens is 2. The highest BCUT2D eigenvalue weighted by Gasteiger charge is 2.35. The molecule has 5 heteroatoms. The van der Waals surface area contributed by atoms with Gasteiger partial charge in [0, 0.05) is 47.0 Å². The van der Waals surface area contributed by atoms with Crippen LogP contribution in [0.3, 0.4) is 0 Å². The molecule has 0 radical (unpaired) electrons. The summed E-state index contributed by atoms with van der Waals surface area (Å²) in [6.07, 6.45) is 4.45. The first-order valence-electron chi connectivity index (χ1n) is 10.8. The Hall–Kier alpha value is -3.44. The Morgan fingerprint density at radius 3 is 2.61 bits per heavy atom. The highest BCUT2D eigenvalue weighted by atomic mass is 16.1. The molecule has 0 amide bonds. The number of nitrogens with zero attached hydrogens (tertiary/aromatic N) is 1. The number of aromatic amines is 1. The lowest BCUT2D eigenvalue weighted by Gasteiger charge is -2.37. The lowest BCUT2D eigenvalue weighted by Crippen LogP contribution is -2.28. The number of nitrogens with one attached hydrogen (secondary N) is 3. The molecule has 0 aliphatic carbocycles. The fourth-order valence-electron chi connectivity index (χ4n) is 4.92. The van der Waals surface area contributed by atoms with Crippen molar-refractivity contribution in [2.45, 2.75) is 31.8 Å². The van der Waals surface area contributed by atoms with Gasteiger partial charge < -0.3 is 15.6 Å². The summed E-state index contributed by atoms with van der Waals surface area (Å²) in [5.41, 5.74) is 6.87. The lowest BCUT2D eigenvalue weighted by atomic mass is 9.76. The van der Waals surface area contributed by atoms with Crippen molar-refractivity contribution in [2.24, 2.45) is 0 Å². The van der Waals surface area contributed by atoms with E-state index in [0.717, 1.165) is 35.1 Å². The fourth-order valence-corrected chi connectivity index (χ4v) is 4.92. The molecule has 1 aliphatic heterocycles. The standard InChI is InChI=1S/C26H26N4O/c1-3-20-24-22(18-7-4-6-16(14-18)15-27-2)25(17-10-12-28-13-11-17)29-21-9-5-8-19(23(21)24)26(31)30-20/h4-14,22,25,27,29H,3,15H2,1-2H3,(H,30,31). The molecular formula is C26H26N4O. The van der Waals surface area contributed by atoms with Gasteiger partial charge in [0.15, 0.2) is 0 Å². The van der Waals surface area contributed by atoms with Gasteiger partial charge in [-0.2, -0.15) is 0 Å². The van der Waals surface area contributed by atoms with E-state index < -0.39 is 0 Å². The predicted molar refractivity (Wildman–Crippen MR) is 126 cm³/mol. The van der Waals surface area contributed by atoms with Crippen LogP contribution in [-0.4, -0.2) is 17.0 Å². The van der Waals surface area contributed by atoms with Crippen LogP contribution < -0.4 is 16.2 Å². The second kappa shape index (κ2) is 8.00. The Morgan fingerprint density at radius 2 is 1.84 bits per heavy atom. The summed E-state index contributed by atoms with van der Waals surface area (Å²) in [5.74, 6) is 0.0587. The zero-order chi connectivity index (χ0) is 21.4. The van der Waals surface area contributed by atoms with E-state index in [1.807, 2.05) is 31.6 Å². The van der Waals surface area contributed by atoms with Crippen LogP contribution in [0.2, 0.25) is 0 Å². The van der Waals surface area contributed by atoms with Crippen molar-refractivity contribution in [3.8, 4) is 0 Å². The van der Waals surface area contributed by atoms with Crippen molar-refractivity contribution in [3.63, 3.8) is 0 Å². The van der Waals surface area contributed by atoms with Gasteiger partial charge in [-0.05, 0) is 60.0 Å². The second-order valence-corrected chi connectivity index (χ2v) is 8.08. The topological polar surface area (TPSA) is 69.8 Å². The molecule has 2 aromatic heterocycles. The molecule has 1 aliphatic rings. The monoisotopic (exact) mass is 410 g/mol. The summed E-state index contributed by atoms with van der Waals surface area (Å²) in [4.78, 5) is 20.2. The maximum atomic E-state index is 12.8. The second-order valence-electron chi connectivity index (χ2n) is 8.08. The first kappa shape index (κ1) is 19.5. The van der Waals surface area contributed by atoms with Crippen LogP contribution in [0.5, 0.6) is 0 Å². The zero-order valence-electron chi connectivity index (χ0n) is 17.8. The Bertz CT molecular complexity index is 1300. The third-order valence-electron chi connectivity index (χ3n) is 6.23. The smallest absolute Gasteiger partial charge is 0.256 e.